The Bertz CT molecular complexity index is 395. The molecule has 1 aromatic rings. The van der Waals surface area contributed by atoms with E-state index in [2.05, 4.69) is 9.97 Å². The zero-order chi connectivity index (χ0) is 11.5. The molecule has 0 saturated heterocycles. The Morgan fingerprint density at radius 3 is 3.00 bits per heavy atom. The molecule has 1 aliphatic rings. The molecule has 2 rings (SSSR count). The average Bonchev–Trinajstić information content (AvgIpc) is 3.09. The summed E-state index contributed by atoms with van der Waals surface area (Å²) in [4.78, 5) is 19.9. The first-order valence-electron chi connectivity index (χ1n) is 5.44. The topological polar surface area (TPSA) is 78.1 Å². The van der Waals surface area contributed by atoms with Gasteiger partial charge in [0.25, 0.3) is 0 Å². The maximum absolute atomic E-state index is 11.5. The van der Waals surface area contributed by atoms with Crippen molar-refractivity contribution in [3.63, 3.8) is 0 Å². The third kappa shape index (κ3) is 2.04. The van der Waals surface area contributed by atoms with Gasteiger partial charge in [0.05, 0.1) is 23.9 Å². The van der Waals surface area contributed by atoms with Gasteiger partial charge in [-0.15, -0.1) is 0 Å². The van der Waals surface area contributed by atoms with Crippen LogP contribution in [0.4, 0.5) is 0 Å². The van der Waals surface area contributed by atoms with Crippen molar-refractivity contribution in [1.82, 2.24) is 9.97 Å². The number of rotatable bonds is 4. The predicted molar refractivity (Wildman–Crippen MR) is 57.4 cm³/mol. The van der Waals surface area contributed by atoms with Gasteiger partial charge in [0, 0.05) is 24.9 Å². The number of nitrogens with two attached hydrogens (primary N) is 1. The fraction of sp³-hybridized carbons (Fsp3) is 0.545. The van der Waals surface area contributed by atoms with Gasteiger partial charge >= 0.3 is 5.97 Å². The van der Waals surface area contributed by atoms with Gasteiger partial charge in [0.1, 0.15) is 0 Å². The van der Waals surface area contributed by atoms with Crippen molar-refractivity contribution in [2.45, 2.75) is 25.8 Å². The third-order valence-electron chi connectivity index (χ3n) is 2.73. The van der Waals surface area contributed by atoms with Gasteiger partial charge in [-0.3, -0.25) is 14.8 Å². The van der Waals surface area contributed by atoms with Crippen molar-refractivity contribution < 1.29 is 9.53 Å². The minimum Gasteiger partial charge on any atom is -0.466 e. The van der Waals surface area contributed by atoms with Crippen LogP contribution in [0.2, 0.25) is 0 Å². The molecule has 0 unspecified atom stereocenters. The highest BCUT2D eigenvalue weighted by Crippen LogP contribution is 2.48. The molecule has 0 radical (unpaired) electrons. The van der Waals surface area contributed by atoms with Crippen LogP contribution in [-0.4, -0.2) is 22.5 Å². The van der Waals surface area contributed by atoms with E-state index in [1.807, 2.05) is 6.92 Å². The quantitative estimate of drug-likeness (QED) is 0.753. The summed E-state index contributed by atoms with van der Waals surface area (Å²) < 4.78 is 4.97. The SMILES string of the molecule is CCOC(=O)[C@@H]1C[C@H]1c1nccnc1CN. The molecule has 0 spiro atoms. The smallest absolute Gasteiger partial charge is 0.309 e. The predicted octanol–water partition coefficient (Wildman–Crippen LogP) is 0.602. The summed E-state index contributed by atoms with van der Waals surface area (Å²) in [5.74, 6) is -0.0469. The number of ether oxygens (including phenoxy) is 1. The molecule has 0 aliphatic heterocycles. The molecule has 1 fully saturated rings. The monoisotopic (exact) mass is 221 g/mol. The summed E-state index contributed by atoms with van der Waals surface area (Å²) in [7, 11) is 0. The van der Waals surface area contributed by atoms with Gasteiger partial charge in [-0.2, -0.15) is 0 Å². The Morgan fingerprint density at radius 2 is 2.31 bits per heavy atom. The summed E-state index contributed by atoms with van der Waals surface area (Å²) in [5, 5.41) is 0. The van der Waals surface area contributed by atoms with E-state index in [0.717, 1.165) is 17.8 Å². The van der Waals surface area contributed by atoms with Crippen LogP contribution >= 0.6 is 0 Å². The molecule has 2 atom stereocenters. The second-order valence-electron chi connectivity index (χ2n) is 3.79. The van der Waals surface area contributed by atoms with E-state index in [-0.39, 0.29) is 17.8 Å². The molecule has 1 aromatic heterocycles. The van der Waals surface area contributed by atoms with Gasteiger partial charge in [0.2, 0.25) is 0 Å². The number of hydrogen-bond acceptors (Lipinski definition) is 5. The van der Waals surface area contributed by atoms with E-state index in [9.17, 15) is 4.79 Å². The standard InChI is InChI=1S/C11H15N3O2/c1-2-16-11(15)8-5-7(8)10-9(6-12)13-3-4-14-10/h3-4,7-8H,2,5-6,12H2,1H3/t7-,8-/m1/s1. The zero-order valence-corrected chi connectivity index (χ0v) is 9.22. The van der Waals surface area contributed by atoms with E-state index >= 15 is 0 Å². The number of hydrogen-bond donors (Lipinski definition) is 1. The van der Waals surface area contributed by atoms with Crippen LogP contribution in [0, 0.1) is 5.92 Å². The molecule has 1 aliphatic carbocycles. The molecule has 5 nitrogen and oxygen atoms in total. The Hall–Kier alpha value is -1.49. The Labute approximate surface area is 94.0 Å². The highest BCUT2D eigenvalue weighted by molar-refractivity contribution is 5.77. The Balaban J connectivity index is 2.08. The van der Waals surface area contributed by atoms with Gasteiger partial charge in [-0.05, 0) is 13.3 Å². The third-order valence-corrected chi connectivity index (χ3v) is 2.73. The Kier molecular flexibility index (Phi) is 3.14. The van der Waals surface area contributed by atoms with Gasteiger partial charge in [-0.1, -0.05) is 0 Å². The lowest BCUT2D eigenvalue weighted by atomic mass is 10.2. The largest absolute Gasteiger partial charge is 0.466 e. The lowest BCUT2D eigenvalue weighted by Crippen LogP contribution is -2.10. The molecule has 1 saturated carbocycles. The summed E-state index contributed by atoms with van der Waals surface area (Å²) in [6.07, 6.45) is 4.05. The molecular formula is C11H15N3O2. The number of esters is 1. The number of carbonyl (C=O) groups is 1. The van der Waals surface area contributed by atoms with E-state index in [1.54, 1.807) is 12.4 Å². The summed E-state index contributed by atoms with van der Waals surface area (Å²) >= 11 is 0. The minimum absolute atomic E-state index is 0.0538. The van der Waals surface area contributed by atoms with E-state index in [0.29, 0.717) is 13.2 Å². The summed E-state index contributed by atoms with van der Waals surface area (Å²) in [6, 6.07) is 0. The number of nitrogens with zero attached hydrogens (tertiary/aromatic N) is 2. The van der Waals surface area contributed by atoms with Crippen molar-refractivity contribution in [3.8, 4) is 0 Å². The van der Waals surface area contributed by atoms with E-state index in [4.69, 9.17) is 10.5 Å². The van der Waals surface area contributed by atoms with Gasteiger partial charge in [0.15, 0.2) is 0 Å². The van der Waals surface area contributed by atoms with Crippen molar-refractivity contribution in [2.24, 2.45) is 11.7 Å². The van der Waals surface area contributed by atoms with Gasteiger partial charge in [-0.25, -0.2) is 0 Å². The molecule has 0 bridgehead atoms. The van der Waals surface area contributed by atoms with Crippen molar-refractivity contribution in [3.05, 3.63) is 23.8 Å². The average molecular weight is 221 g/mol. The molecule has 0 aromatic carbocycles. The summed E-state index contributed by atoms with van der Waals surface area (Å²) in [6.45, 7) is 2.59. The van der Waals surface area contributed by atoms with Crippen LogP contribution in [0.3, 0.4) is 0 Å². The molecule has 1 heterocycles. The van der Waals surface area contributed by atoms with Crippen LogP contribution in [0.5, 0.6) is 0 Å². The molecule has 2 N–H and O–H groups in total. The first kappa shape index (κ1) is 11.0. The lowest BCUT2D eigenvalue weighted by molar-refractivity contribution is -0.144. The zero-order valence-electron chi connectivity index (χ0n) is 9.22. The normalized spacial score (nSPS) is 22.9. The molecular weight excluding hydrogens is 206 g/mol. The fourth-order valence-electron chi connectivity index (χ4n) is 1.85. The highest BCUT2D eigenvalue weighted by Gasteiger charge is 2.47. The maximum Gasteiger partial charge on any atom is 0.309 e. The first-order chi connectivity index (χ1) is 7.77. The number of carbonyl (C=O) groups excluding carboxylic acids is 1. The van der Waals surface area contributed by atoms with Crippen LogP contribution in [-0.2, 0) is 16.1 Å². The van der Waals surface area contributed by atoms with Crippen molar-refractivity contribution in [1.29, 1.82) is 0 Å². The molecule has 16 heavy (non-hydrogen) atoms. The second-order valence-corrected chi connectivity index (χ2v) is 3.79. The fourth-order valence-corrected chi connectivity index (χ4v) is 1.85. The second kappa shape index (κ2) is 4.57. The van der Waals surface area contributed by atoms with Gasteiger partial charge < -0.3 is 10.5 Å². The van der Waals surface area contributed by atoms with Crippen molar-refractivity contribution >= 4 is 5.97 Å². The minimum atomic E-state index is -0.138. The van der Waals surface area contributed by atoms with Crippen molar-refractivity contribution in [2.75, 3.05) is 6.61 Å². The van der Waals surface area contributed by atoms with Crippen LogP contribution in [0.1, 0.15) is 30.7 Å². The molecule has 5 heteroatoms. The van der Waals surface area contributed by atoms with Crippen LogP contribution < -0.4 is 5.73 Å². The van der Waals surface area contributed by atoms with E-state index in [1.165, 1.54) is 0 Å². The first-order valence-corrected chi connectivity index (χ1v) is 5.44. The molecule has 0 amide bonds. The Morgan fingerprint density at radius 1 is 1.56 bits per heavy atom. The maximum atomic E-state index is 11.5. The highest BCUT2D eigenvalue weighted by atomic mass is 16.5. The number of aromatic nitrogens is 2. The molecule has 86 valence electrons. The lowest BCUT2D eigenvalue weighted by Gasteiger charge is -2.04. The van der Waals surface area contributed by atoms with Crippen LogP contribution in [0.15, 0.2) is 12.4 Å². The van der Waals surface area contributed by atoms with Crippen LogP contribution in [0.25, 0.3) is 0 Å². The van der Waals surface area contributed by atoms with E-state index < -0.39 is 0 Å². The summed E-state index contributed by atoms with van der Waals surface area (Å²) in [5.41, 5.74) is 7.20.